The van der Waals surface area contributed by atoms with Gasteiger partial charge in [-0.05, 0) is 6.42 Å². The van der Waals surface area contributed by atoms with Crippen LogP contribution in [0, 0.1) is 0 Å². The molecule has 0 fully saturated rings. The van der Waals surface area contributed by atoms with Gasteiger partial charge in [-0.3, -0.25) is 4.79 Å². The number of carbonyl (C=O) groups is 1. The smallest absolute Gasteiger partial charge is 0.223 e. The highest BCUT2D eigenvalue weighted by Crippen LogP contribution is 1.98. The Kier molecular flexibility index (Phi) is 5.82. The number of nitrogens with two attached hydrogens (primary N) is 1. The molecule has 0 saturated heterocycles. The minimum absolute atomic E-state index is 0.00337. The van der Waals surface area contributed by atoms with Gasteiger partial charge < -0.3 is 10.6 Å². The lowest BCUT2D eigenvalue weighted by Crippen LogP contribution is -2.35. The predicted octanol–water partition coefficient (Wildman–Crippen LogP) is -0.383. The Bertz CT molecular complexity index is 300. The van der Waals surface area contributed by atoms with Crippen LogP contribution in [0.25, 0.3) is 0 Å². The quantitative estimate of drug-likeness (QED) is 0.681. The van der Waals surface area contributed by atoms with Crippen LogP contribution in [0.4, 0.5) is 0 Å². The van der Waals surface area contributed by atoms with E-state index in [-0.39, 0.29) is 30.7 Å². The fourth-order valence-corrected chi connectivity index (χ4v) is 1.56. The third-order valence-electron chi connectivity index (χ3n) is 2.18. The molecule has 6 heteroatoms. The van der Waals surface area contributed by atoms with Crippen LogP contribution in [0.15, 0.2) is 0 Å². The molecule has 0 aliphatic carbocycles. The lowest BCUT2D eigenvalue weighted by Gasteiger charge is -2.18. The van der Waals surface area contributed by atoms with Crippen LogP contribution < -0.4 is 5.73 Å². The molecule has 0 heterocycles. The van der Waals surface area contributed by atoms with Gasteiger partial charge in [-0.15, -0.1) is 0 Å². The normalized spacial score (nSPS) is 13.6. The van der Waals surface area contributed by atoms with Crippen LogP contribution >= 0.6 is 0 Å². The Hall–Kier alpha value is -0.620. The van der Waals surface area contributed by atoms with E-state index in [0.717, 1.165) is 12.7 Å². The van der Waals surface area contributed by atoms with Crippen molar-refractivity contribution in [3.05, 3.63) is 0 Å². The molecule has 0 radical (unpaired) electrons. The number of hydrogen-bond acceptors (Lipinski definition) is 4. The van der Waals surface area contributed by atoms with E-state index >= 15 is 0 Å². The maximum Gasteiger partial charge on any atom is 0.223 e. The molecule has 0 aliphatic heterocycles. The van der Waals surface area contributed by atoms with Crippen molar-refractivity contribution >= 4 is 15.7 Å². The molecule has 0 bridgehead atoms. The largest absolute Gasteiger partial charge is 0.345 e. The van der Waals surface area contributed by atoms with Crippen molar-refractivity contribution in [2.75, 3.05) is 25.6 Å². The lowest BCUT2D eigenvalue weighted by molar-refractivity contribution is -0.130. The molecule has 0 aliphatic rings. The Morgan fingerprint density at radius 1 is 1.47 bits per heavy atom. The second-order valence-electron chi connectivity index (χ2n) is 3.82. The minimum Gasteiger partial charge on any atom is -0.345 e. The average Bonchev–Trinajstić information content (AvgIpc) is 2.12. The highest BCUT2D eigenvalue weighted by atomic mass is 32.2. The fourth-order valence-electron chi connectivity index (χ4n) is 0.952. The molecule has 0 aromatic heterocycles. The van der Waals surface area contributed by atoms with Gasteiger partial charge in [0.1, 0.15) is 9.84 Å². The zero-order valence-electron chi connectivity index (χ0n) is 9.56. The number of amides is 1. The topological polar surface area (TPSA) is 80.5 Å². The van der Waals surface area contributed by atoms with Gasteiger partial charge >= 0.3 is 0 Å². The van der Waals surface area contributed by atoms with Crippen LogP contribution in [0.3, 0.4) is 0 Å². The summed E-state index contributed by atoms with van der Waals surface area (Å²) in [5.41, 5.74) is 5.63. The summed E-state index contributed by atoms with van der Waals surface area (Å²) in [7, 11) is -1.42. The molecular formula is C9H20N2O3S. The predicted molar refractivity (Wildman–Crippen MR) is 60.2 cm³/mol. The van der Waals surface area contributed by atoms with E-state index < -0.39 is 9.84 Å². The first kappa shape index (κ1) is 14.4. The van der Waals surface area contributed by atoms with Gasteiger partial charge in [-0.2, -0.15) is 0 Å². The molecule has 15 heavy (non-hydrogen) atoms. The number of rotatable bonds is 6. The Labute approximate surface area is 91.5 Å². The average molecular weight is 236 g/mol. The molecule has 5 nitrogen and oxygen atoms in total. The van der Waals surface area contributed by atoms with Gasteiger partial charge in [0.15, 0.2) is 0 Å². The monoisotopic (exact) mass is 236 g/mol. The summed E-state index contributed by atoms with van der Waals surface area (Å²) >= 11 is 0. The van der Waals surface area contributed by atoms with Crippen molar-refractivity contribution in [1.82, 2.24) is 4.90 Å². The van der Waals surface area contributed by atoms with Crippen molar-refractivity contribution < 1.29 is 13.2 Å². The van der Waals surface area contributed by atoms with E-state index in [9.17, 15) is 13.2 Å². The number of sulfone groups is 1. The minimum atomic E-state index is -3.01. The highest BCUT2D eigenvalue weighted by Gasteiger charge is 2.13. The molecular weight excluding hydrogens is 216 g/mol. The molecule has 1 unspecified atom stereocenters. The standard InChI is InChI=1S/C9H20N2O3S/c1-4-8(10)7-9(12)11(2)5-6-15(3,13)14/h8H,4-7,10H2,1-3H3. The molecule has 0 spiro atoms. The van der Waals surface area contributed by atoms with Gasteiger partial charge in [-0.25, -0.2) is 8.42 Å². The first-order valence-corrected chi connectivity index (χ1v) is 6.99. The van der Waals surface area contributed by atoms with Crippen molar-refractivity contribution in [1.29, 1.82) is 0 Å². The number of nitrogens with zero attached hydrogens (tertiary/aromatic N) is 1. The van der Waals surface area contributed by atoms with Crippen molar-refractivity contribution in [3.63, 3.8) is 0 Å². The highest BCUT2D eigenvalue weighted by molar-refractivity contribution is 7.90. The molecule has 1 amide bonds. The first-order valence-electron chi connectivity index (χ1n) is 4.93. The lowest BCUT2D eigenvalue weighted by atomic mass is 10.1. The SMILES string of the molecule is CCC(N)CC(=O)N(C)CCS(C)(=O)=O. The Balaban J connectivity index is 4.00. The summed E-state index contributed by atoms with van der Waals surface area (Å²) in [5.74, 6) is -0.107. The van der Waals surface area contributed by atoms with E-state index in [4.69, 9.17) is 5.73 Å². The maximum absolute atomic E-state index is 11.5. The zero-order valence-corrected chi connectivity index (χ0v) is 10.4. The van der Waals surface area contributed by atoms with Crippen LogP contribution in [-0.2, 0) is 14.6 Å². The Morgan fingerprint density at radius 3 is 2.40 bits per heavy atom. The van der Waals surface area contributed by atoms with Gasteiger partial charge in [0.05, 0.1) is 5.75 Å². The van der Waals surface area contributed by atoms with Crippen molar-refractivity contribution in [3.8, 4) is 0 Å². The maximum atomic E-state index is 11.5. The molecule has 0 saturated carbocycles. The number of carbonyl (C=O) groups excluding carboxylic acids is 1. The van der Waals surface area contributed by atoms with Crippen molar-refractivity contribution in [2.24, 2.45) is 5.73 Å². The van der Waals surface area contributed by atoms with Crippen LogP contribution in [0.1, 0.15) is 19.8 Å². The van der Waals surface area contributed by atoms with E-state index in [1.54, 1.807) is 7.05 Å². The molecule has 0 aromatic rings. The summed E-state index contributed by atoms with van der Waals surface area (Å²) < 4.78 is 21.7. The molecule has 90 valence electrons. The van der Waals surface area contributed by atoms with Crippen LogP contribution in [0.2, 0.25) is 0 Å². The fraction of sp³-hybridized carbons (Fsp3) is 0.889. The molecule has 0 rings (SSSR count). The van der Waals surface area contributed by atoms with Gasteiger partial charge in [0.2, 0.25) is 5.91 Å². The summed E-state index contributed by atoms with van der Waals surface area (Å²) in [6.45, 7) is 2.14. The van der Waals surface area contributed by atoms with E-state index in [0.29, 0.717) is 0 Å². The second kappa shape index (κ2) is 6.07. The summed E-state index contributed by atoms with van der Waals surface area (Å²) in [4.78, 5) is 12.9. The second-order valence-corrected chi connectivity index (χ2v) is 6.08. The van der Waals surface area contributed by atoms with Crippen LogP contribution in [-0.4, -0.2) is 50.9 Å². The Morgan fingerprint density at radius 2 is 2.00 bits per heavy atom. The van der Waals surface area contributed by atoms with Crippen molar-refractivity contribution in [2.45, 2.75) is 25.8 Å². The summed E-state index contributed by atoms with van der Waals surface area (Å²) in [5, 5.41) is 0. The molecule has 0 aromatic carbocycles. The van der Waals surface area contributed by atoms with Gasteiger partial charge in [-0.1, -0.05) is 6.92 Å². The third kappa shape index (κ3) is 7.33. The molecule has 2 N–H and O–H groups in total. The van der Waals surface area contributed by atoms with E-state index in [1.165, 1.54) is 4.90 Å². The summed E-state index contributed by atoms with van der Waals surface area (Å²) in [6.07, 6.45) is 2.17. The third-order valence-corrected chi connectivity index (χ3v) is 3.11. The van der Waals surface area contributed by atoms with E-state index in [1.807, 2.05) is 6.92 Å². The zero-order chi connectivity index (χ0) is 12.1. The van der Waals surface area contributed by atoms with E-state index in [2.05, 4.69) is 0 Å². The molecule has 1 atom stereocenters. The van der Waals surface area contributed by atoms with Crippen LogP contribution in [0.5, 0.6) is 0 Å². The van der Waals surface area contributed by atoms with Gasteiger partial charge in [0, 0.05) is 32.3 Å². The van der Waals surface area contributed by atoms with Gasteiger partial charge in [0.25, 0.3) is 0 Å². The summed E-state index contributed by atoms with van der Waals surface area (Å²) in [6, 6.07) is -0.141. The first-order chi connectivity index (χ1) is 6.76. The number of hydrogen-bond donors (Lipinski definition) is 1.